The number of hydrogen-bond acceptors (Lipinski definition) is 4. The first-order valence-corrected chi connectivity index (χ1v) is 8.33. The molecule has 0 spiro atoms. The predicted molar refractivity (Wildman–Crippen MR) is 84.4 cm³/mol. The zero-order valence-electron chi connectivity index (χ0n) is 11.8. The van der Waals surface area contributed by atoms with Gasteiger partial charge in [0.2, 0.25) is 0 Å². The second kappa shape index (κ2) is 6.54. The minimum Gasteiger partial charge on any atom is -0.440 e. The van der Waals surface area contributed by atoms with Crippen LogP contribution < -0.4 is 5.32 Å². The van der Waals surface area contributed by atoms with Crippen molar-refractivity contribution in [2.24, 2.45) is 0 Å². The highest BCUT2D eigenvalue weighted by atomic mass is 35.5. The molecule has 2 aromatic rings. The first-order valence-electron chi connectivity index (χ1n) is 7.01. The fourth-order valence-electron chi connectivity index (χ4n) is 2.47. The Balaban J connectivity index is 1.52. The summed E-state index contributed by atoms with van der Waals surface area (Å²) in [5, 5.41) is 6.93. The maximum absolute atomic E-state index is 12.2. The van der Waals surface area contributed by atoms with Crippen molar-refractivity contribution in [1.29, 1.82) is 0 Å². The Morgan fingerprint density at radius 3 is 2.64 bits per heavy atom. The standard InChI is InChI=1S/C15H15ClN2O3S/c16-13-2-1-12(21-13)15(20)18-6-3-11(4-7-18)17-14(19)10-5-8-22-9-10/h1-2,5,8-9,11H,3-4,6-7H2,(H,17,19). The van der Waals surface area contributed by atoms with Crippen LogP contribution in [0.4, 0.5) is 0 Å². The van der Waals surface area contributed by atoms with E-state index in [-0.39, 0.29) is 28.8 Å². The van der Waals surface area contributed by atoms with E-state index in [1.807, 2.05) is 10.8 Å². The normalized spacial score (nSPS) is 15.8. The van der Waals surface area contributed by atoms with E-state index in [1.165, 1.54) is 11.3 Å². The number of halogens is 1. The van der Waals surface area contributed by atoms with E-state index in [9.17, 15) is 9.59 Å². The molecule has 0 saturated carbocycles. The molecule has 2 aromatic heterocycles. The summed E-state index contributed by atoms with van der Waals surface area (Å²) in [4.78, 5) is 25.9. The van der Waals surface area contributed by atoms with Gasteiger partial charge in [0.05, 0.1) is 0 Å². The van der Waals surface area contributed by atoms with Crippen LogP contribution in [0.15, 0.2) is 33.4 Å². The van der Waals surface area contributed by atoms with Crippen LogP contribution in [0.3, 0.4) is 0 Å². The molecule has 3 rings (SSSR count). The van der Waals surface area contributed by atoms with Gasteiger partial charge in [-0.25, -0.2) is 0 Å². The lowest BCUT2D eigenvalue weighted by Crippen LogP contribution is -2.46. The van der Waals surface area contributed by atoms with Crippen LogP contribution in [0.1, 0.15) is 33.8 Å². The Hall–Kier alpha value is -1.79. The number of furan rings is 1. The summed E-state index contributed by atoms with van der Waals surface area (Å²) < 4.78 is 5.14. The highest BCUT2D eigenvalue weighted by molar-refractivity contribution is 7.08. The average Bonchev–Trinajstić information content (AvgIpc) is 3.18. The molecule has 1 fully saturated rings. The molecular formula is C15H15ClN2O3S. The van der Waals surface area contributed by atoms with Crippen molar-refractivity contribution in [3.05, 3.63) is 45.5 Å². The monoisotopic (exact) mass is 338 g/mol. The minimum atomic E-state index is -0.158. The van der Waals surface area contributed by atoms with Crippen molar-refractivity contribution >= 4 is 34.8 Å². The molecule has 1 aliphatic heterocycles. The maximum atomic E-state index is 12.2. The van der Waals surface area contributed by atoms with Gasteiger partial charge in [0, 0.05) is 30.1 Å². The molecule has 0 unspecified atom stereocenters. The van der Waals surface area contributed by atoms with Gasteiger partial charge in [-0.15, -0.1) is 0 Å². The molecule has 0 radical (unpaired) electrons. The molecule has 1 saturated heterocycles. The van der Waals surface area contributed by atoms with E-state index < -0.39 is 0 Å². The van der Waals surface area contributed by atoms with Crippen molar-refractivity contribution < 1.29 is 14.0 Å². The number of nitrogens with zero attached hydrogens (tertiary/aromatic N) is 1. The fraction of sp³-hybridized carbons (Fsp3) is 0.333. The Labute approximate surface area is 136 Å². The van der Waals surface area contributed by atoms with Crippen LogP contribution in [0.2, 0.25) is 5.22 Å². The number of thiophene rings is 1. The number of carbonyl (C=O) groups excluding carboxylic acids is 2. The van der Waals surface area contributed by atoms with Gasteiger partial charge in [-0.3, -0.25) is 9.59 Å². The molecule has 5 nitrogen and oxygen atoms in total. The van der Waals surface area contributed by atoms with Crippen LogP contribution in [-0.4, -0.2) is 35.8 Å². The van der Waals surface area contributed by atoms with Gasteiger partial charge in [0.1, 0.15) is 0 Å². The quantitative estimate of drug-likeness (QED) is 0.935. The van der Waals surface area contributed by atoms with Gasteiger partial charge < -0.3 is 14.6 Å². The van der Waals surface area contributed by atoms with E-state index in [0.29, 0.717) is 18.7 Å². The zero-order chi connectivity index (χ0) is 15.5. The summed E-state index contributed by atoms with van der Waals surface area (Å²) >= 11 is 7.19. The van der Waals surface area contributed by atoms with Crippen molar-refractivity contribution in [2.75, 3.05) is 13.1 Å². The van der Waals surface area contributed by atoms with E-state index in [1.54, 1.807) is 23.1 Å². The number of piperidine rings is 1. The van der Waals surface area contributed by atoms with Gasteiger partial charge in [0.25, 0.3) is 11.8 Å². The Bertz CT molecular complexity index is 660. The molecule has 3 heterocycles. The topological polar surface area (TPSA) is 62.6 Å². The Kier molecular flexibility index (Phi) is 4.49. The lowest BCUT2D eigenvalue weighted by molar-refractivity contribution is 0.0667. The second-order valence-electron chi connectivity index (χ2n) is 5.16. The van der Waals surface area contributed by atoms with Gasteiger partial charge in [-0.05, 0) is 48.0 Å². The number of nitrogens with one attached hydrogen (secondary N) is 1. The summed E-state index contributed by atoms with van der Waals surface area (Å²) in [6, 6.07) is 5.04. The fourth-order valence-corrected chi connectivity index (χ4v) is 3.26. The number of amides is 2. The van der Waals surface area contributed by atoms with Crippen LogP contribution in [0.5, 0.6) is 0 Å². The largest absolute Gasteiger partial charge is 0.440 e. The molecule has 2 amide bonds. The van der Waals surface area contributed by atoms with Gasteiger partial charge in [-0.1, -0.05) is 0 Å². The van der Waals surface area contributed by atoms with Crippen LogP contribution in [-0.2, 0) is 0 Å². The molecule has 1 aliphatic rings. The van der Waals surface area contributed by atoms with Crippen LogP contribution in [0, 0.1) is 0 Å². The van der Waals surface area contributed by atoms with Crippen molar-refractivity contribution in [3.8, 4) is 0 Å². The van der Waals surface area contributed by atoms with E-state index >= 15 is 0 Å². The highest BCUT2D eigenvalue weighted by Gasteiger charge is 2.26. The average molecular weight is 339 g/mol. The van der Waals surface area contributed by atoms with E-state index in [2.05, 4.69) is 5.32 Å². The van der Waals surface area contributed by atoms with Gasteiger partial charge >= 0.3 is 0 Å². The summed E-state index contributed by atoms with van der Waals surface area (Å²) in [6.07, 6.45) is 1.46. The first-order chi connectivity index (χ1) is 10.6. The molecule has 0 aliphatic carbocycles. The second-order valence-corrected chi connectivity index (χ2v) is 6.31. The summed E-state index contributed by atoms with van der Waals surface area (Å²) in [5.41, 5.74) is 0.689. The smallest absolute Gasteiger partial charge is 0.289 e. The third-order valence-corrected chi connectivity index (χ3v) is 4.57. The Morgan fingerprint density at radius 2 is 2.05 bits per heavy atom. The molecule has 1 N–H and O–H groups in total. The lowest BCUT2D eigenvalue weighted by atomic mass is 10.0. The first kappa shape index (κ1) is 15.1. The third-order valence-electron chi connectivity index (χ3n) is 3.68. The number of carbonyl (C=O) groups is 2. The third kappa shape index (κ3) is 3.34. The molecule has 7 heteroatoms. The van der Waals surface area contributed by atoms with Crippen LogP contribution >= 0.6 is 22.9 Å². The van der Waals surface area contributed by atoms with Gasteiger partial charge in [0.15, 0.2) is 11.0 Å². The molecule has 22 heavy (non-hydrogen) atoms. The molecule has 0 bridgehead atoms. The van der Waals surface area contributed by atoms with Crippen LogP contribution in [0.25, 0.3) is 0 Å². The number of hydrogen-bond donors (Lipinski definition) is 1. The maximum Gasteiger partial charge on any atom is 0.289 e. The number of likely N-dealkylation sites (tertiary alicyclic amines) is 1. The minimum absolute atomic E-state index is 0.0520. The molecule has 0 atom stereocenters. The summed E-state index contributed by atoms with van der Waals surface area (Å²) in [6.45, 7) is 1.18. The van der Waals surface area contributed by atoms with E-state index in [4.69, 9.17) is 16.0 Å². The SMILES string of the molecule is O=C(NC1CCN(C(=O)c2ccc(Cl)o2)CC1)c1ccsc1. The van der Waals surface area contributed by atoms with Crippen molar-refractivity contribution in [2.45, 2.75) is 18.9 Å². The molecule has 0 aromatic carbocycles. The molecule has 116 valence electrons. The van der Waals surface area contributed by atoms with E-state index in [0.717, 1.165) is 12.8 Å². The predicted octanol–water partition coefficient (Wildman–Crippen LogP) is 3.03. The van der Waals surface area contributed by atoms with Crippen molar-refractivity contribution in [1.82, 2.24) is 10.2 Å². The Morgan fingerprint density at radius 1 is 1.27 bits per heavy atom. The summed E-state index contributed by atoms with van der Waals surface area (Å²) in [5.74, 6) is 0.0455. The highest BCUT2D eigenvalue weighted by Crippen LogP contribution is 2.18. The van der Waals surface area contributed by atoms with Crippen molar-refractivity contribution in [3.63, 3.8) is 0 Å². The summed E-state index contributed by atoms with van der Waals surface area (Å²) in [7, 11) is 0. The zero-order valence-corrected chi connectivity index (χ0v) is 13.3. The molecular weight excluding hydrogens is 324 g/mol. The lowest BCUT2D eigenvalue weighted by Gasteiger charge is -2.31. The number of rotatable bonds is 3. The van der Waals surface area contributed by atoms with Gasteiger partial charge in [-0.2, -0.15) is 11.3 Å².